The highest BCUT2D eigenvalue weighted by Gasteiger charge is 2.28. The van der Waals surface area contributed by atoms with E-state index in [-0.39, 0.29) is 24.0 Å². The van der Waals surface area contributed by atoms with Crippen LogP contribution in [0.1, 0.15) is 63.5 Å². The Balaban J connectivity index is 0.00000240. The Morgan fingerprint density at radius 2 is 1.83 bits per heavy atom. The first kappa shape index (κ1) is 22.9. The first-order valence-electron chi connectivity index (χ1n) is 11.7. The van der Waals surface area contributed by atoms with Crippen molar-refractivity contribution in [2.75, 3.05) is 39.3 Å². The van der Waals surface area contributed by atoms with Crippen molar-refractivity contribution < 1.29 is 4.42 Å². The lowest BCUT2D eigenvalue weighted by Gasteiger charge is -2.31. The molecule has 5 nitrogen and oxygen atoms in total. The number of rotatable bonds is 6. The summed E-state index contributed by atoms with van der Waals surface area (Å²) in [7, 11) is 0. The lowest BCUT2D eigenvalue weighted by Crippen LogP contribution is -2.46. The topological polar surface area (TPSA) is 44.0 Å². The van der Waals surface area contributed by atoms with Gasteiger partial charge in [0.2, 0.25) is 0 Å². The predicted octanol–water partition coefficient (Wildman–Crippen LogP) is 4.53. The van der Waals surface area contributed by atoms with Crippen molar-refractivity contribution in [2.24, 2.45) is 10.9 Å². The summed E-state index contributed by atoms with van der Waals surface area (Å²) >= 11 is 0. The first-order valence-corrected chi connectivity index (χ1v) is 11.7. The second-order valence-electron chi connectivity index (χ2n) is 8.98. The van der Waals surface area contributed by atoms with Gasteiger partial charge in [-0.05, 0) is 63.2 Å². The van der Waals surface area contributed by atoms with E-state index in [0.29, 0.717) is 6.04 Å². The number of hydrogen-bond donors (Lipinski definition) is 1. The zero-order valence-corrected chi connectivity index (χ0v) is 20.2. The number of likely N-dealkylation sites (tertiary alicyclic amines) is 2. The molecule has 2 saturated heterocycles. The van der Waals surface area contributed by atoms with Crippen molar-refractivity contribution in [3.8, 4) is 0 Å². The van der Waals surface area contributed by atoms with Crippen LogP contribution < -0.4 is 5.32 Å². The van der Waals surface area contributed by atoms with Gasteiger partial charge < -0.3 is 19.5 Å². The maximum Gasteiger partial charge on any atom is 0.194 e. The molecule has 0 amide bonds. The number of furan rings is 1. The lowest BCUT2D eigenvalue weighted by atomic mass is 9.96. The Morgan fingerprint density at radius 1 is 1.03 bits per heavy atom. The molecule has 2 aliphatic heterocycles. The molecule has 1 aromatic heterocycles. The number of nitrogens with one attached hydrogen (secondary N) is 1. The van der Waals surface area contributed by atoms with Crippen molar-refractivity contribution >= 4 is 29.9 Å². The molecule has 1 atom stereocenters. The van der Waals surface area contributed by atoms with Gasteiger partial charge in [-0.2, -0.15) is 0 Å². The minimum Gasteiger partial charge on any atom is -0.469 e. The largest absolute Gasteiger partial charge is 0.469 e. The number of hydrogen-bond acceptors (Lipinski definition) is 3. The lowest BCUT2D eigenvalue weighted by molar-refractivity contribution is 0.198. The van der Waals surface area contributed by atoms with E-state index < -0.39 is 0 Å². The normalized spacial score (nSPS) is 24.5. The van der Waals surface area contributed by atoms with E-state index in [2.05, 4.69) is 15.1 Å². The van der Waals surface area contributed by atoms with E-state index in [1.165, 1.54) is 77.4 Å². The SMILES string of the molecule is I.c1coc(CCN=C(NC2CCCCC2)N2CCC(CN3CCCCC3)C2)c1. The Kier molecular flexibility index (Phi) is 9.62. The fourth-order valence-electron chi connectivity index (χ4n) is 5.07. The summed E-state index contributed by atoms with van der Waals surface area (Å²) in [5, 5.41) is 3.83. The van der Waals surface area contributed by atoms with Crippen LogP contribution in [0.15, 0.2) is 27.8 Å². The monoisotopic (exact) mass is 514 g/mol. The summed E-state index contributed by atoms with van der Waals surface area (Å²) in [6.07, 6.45) is 14.8. The Labute approximate surface area is 193 Å². The van der Waals surface area contributed by atoms with Crippen LogP contribution in [0.25, 0.3) is 0 Å². The number of aliphatic imine (C=N–C) groups is 1. The van der Waals surface area contributed by atoms with Gasteiger partial charge in [0.05, 0.1) is 6.26 Å². The Hall–Kier alpha value is -0.760. The molecule has 164 valence electrons. The van der Waals surface area contributed by atoms with Gasteiger partial charge in [-0.3, -0.25) is 4.99 Å². The van der Waals surface area contributed by atoms with Crippen LogP contribution in [0.5, 0.6) is 0 Å². The van der Waals surface area contributed by atoms with Gasteiger partial charge in [-0.25, -0.2) is 0 Å². The molecule has 0 radical (unpaired) electrons. The second kappa shape index (κ2) is 12.2. The molecule has 1 N–H and O–H groups in total. The summed E-state index contributed by atoms with van der Waals surface area (Å²) < 4.78 is 5.48. The molecule has 4 rings (SSSR count). The molecular weight excluding hydrogens is 475 g/mol. The smallest absolute Gasteiger partial charge is 0.194 e. The van der Waals surface area contributed by atoms with E-state index in [4.69, 9.17) is 9.41 Å². The maximum atomic E-state index is 5.48. The molecule has 1 unspecified atom stereocenters. The molecule has 1 aliphatic carbocycles. The molecule has 0 aromatic carbocycles. The number of nitrogens with zero attached hydrogens (tertiary/aromatic N) is 3. The molecule has 1 saturated carbocycles. The predicted molar refractivity (Wildman–Crippen MR) is 130 cm³/mol. The van der Waals surface area contributed by atoms with Crippen LogP contribution in [0.2, 0.25) is 0 Å². The van der Waals surface area contributed by atoms with Crippen LogP contribution in [0.3, 0.4) is 0 Å². The van der Waals surface area contributed by atoms with Crippen molar-refractivity contribution in [3.05, 3.63) is 24.2 Å². The third kappa shape index (κ3) is 7.16. The van der Waals surface area contributed by atoms with E-state index in [0.717, 1.165) is 43.7 Å². The zero-order chi connectivity index (χ0) is 19.0. The summed E-state index contributed by atoms with van der Waals surface area (Å²) in [5.41, 5.74) is 0. The molecule has 0 spiro atoms. The van der Waals surface area contributed by atoms with Gasteiger partial charge in [0.25, 0.3) is 0 Å². The number of guanidine groups is 1. The zero-order valence-electron chi connectivity index (χ0n) is 17.9. The number of halogens is 1. The van der Waals surface area contributed by atoms with Gasteiger partial charge in [0.1, 0.15) is 5.76 Å². The van der Waals surface area contributed by atoms with Gasteiger partial charge in [-0.1, -0.05) is 25.7 Å². The van der Waals surface area contributed by atoms with Crippen LogP contribution in [-0.2, 0) is 6.42 Å². The van der Waals surface area contributed by atoms with E-state index in [1.54, 1.807) is 6.26 Å². The average molecular weight is 514 g/mol. The molecule has 0 bridgehead atoms. The second-order valence-corrected chi connectivity index (χ2v) is 8.98. The van der Waals surface area contributed by atoms with E-state index in [1.807, 2.05) is 12.1 Å². The summed E-state index contributed by atoms with van der Waals surface area (Å²) in [6.45, 7) is 7.00. The Morgan fingerprint density at radius 3 is 2.59 bits per heavy atom. The highest BCUT2D eigenvalue weighted by atomic mass is 127. The first-order chi connectivity index (χ1) is 13.9. The molecule has 29 heavy (non-hydrogen) atoms. The van der Waals surface area contributed by atoms with Crippen LogP contribution in [0, 0.1) is 5.92 Å². The van der Waals surface area contributed by atoms with Crippen LogP contribution in [-0.4, -0.2) is 61.1 Å². The number of piperidine rings is 1. The molecular formula is C23H39IN4O. The third-order valence-corrected chi connectivity index (χ3v) is 6.69. The minimum absolute atomic E-state index is 0. The standard InChI is InChI=1S/C23H38N4O.HI/c1-3-8-21(9-4-1)25-23(24-13-11-22-10-7-17-28-22)27-16-12-20(19-27)18-26-14-5-2-6-15-26;/h7,10,17,20-21H,1-6,8-9,11-16,18-19H2,(H,24,25);1H. The minimum atomic E-state index is 0. The summed E-state index contributed by atoms with van der Waals surface area (Å²) in [6, 6.07) is 4.62. The average Bonchev–Trinajstić information content (AvgIpc) is 3.41. The van der Waals surface area contributed by atoms with Crippen LogP contribution in [0.4, 0.5) is 0 Å². The van der Waals surface area contributed by atoms with Crippen molar-refractivity contribution in [2.45, 2.75) is 70.3 Å². The highest BCUT2D eigenvalue weighted by Crippen LogP contribution is 2.22. The molecule has 3 aliphatic rings. The maximum absolute atomic E-state index is 5.48. The van der Waals surface area contributed by atoms with Gasteiger partial charge in [0.15, 0.2) is 5.96 Å². The fourth-order valence-corrected chi connectivity index (χ4v) is 5.07. The van der Waals surface area contributed by atoms with E-state index >= 15 is 0 Å². The van der Waals surface area contributed by atoms with Gasteiger partial charge >= 0.3 is 0 Å². The fraction of sp³-hybridized carbons (Fsp3) is 0.783. The molecule has 3 fully saturated rings. The molecule has 3 heterocycles. The quantitative estimate of drug-likeness (QED) is 0.344. The Bertz CT molecular complexity index is 594. The highest BCUT2D eigenvalue weighted by molar-refractivity contribution is 14.0. The van der Waals surface area contributed by atoms with Gasteiger partial charge in [-0.15, -0.1) is 24.0 Å². The van der Waals surface area contributed by atoms with Crippen molar-refractivity contribution in [3.63, 3.8) is 0 Å². The van der Waals surface area contributed by atoms with Crippen molar-refractivity contribution in [1.29, 1.82) is 0 Å². The molecule has 1 aromatic rings. The summed E-state index contributed by atoms with van der Waals surface area (Å²) in [4.78, 5) is 10.2. The summed E-state index contributed by atoms with van der Waals surface area (Å²) in [5.74, 6) is 2.98. The van der Waals surface area contributed by atoms with Gasteiger partial charge in [0, 0.05) is 38.6 Å². The van der Waals surface area contributed by atoms with Crippen molar-refractivity contribution in [1.82, 2.24) is 15.1 Å². The third-order valence-electron chi connectivity index (χ3n) is 6.69. The van der Waals surface area contributed by atoms with Crippen LogP contribution >= 0.6 is 24.0 Å². The molecule has 6 heteroatoms. The van der Waals surface area contributed by atoms with E-state index in [9.17, 15) is 0 Å².